The van der Waals surface area contributed by atoms with E-state index in [1.54, 1.807) is 0 Å². The molecular formula is C10H12O7S2. The number of Topliss-reactive ketones (excluding diaryl/α,β-unsaturated/α-hetero) is 1. The maximum Gasteiger partial charge on any atom is 0.306 e. The summed E-state index contributed by atoms with van der Waals surface area (Å²) in [6.07, 6.45) is 1.64. The second kappa shape index (κ2) is 5.68. The lowest BCUT2D eigenvalue weighted by atomic mass is 10.1. The minimum absolute atomic E-state index is 0.0726. The summed E-state index contributed by atoms with van der Waals surface area (Å²) >= 11 is 0. The number of hydrogen-bond donors (Lipinski definition) is 0. The average Bonchev–Trinajstić information content (AvgIpc) is 2.23. The van der Waals surface area contributed by atoms with Crippen LogP contribution in [0.3, 0.4) is 0 Å². The number of ketones is 1. The Hall–Kier alpha value is -1.45. The van der Waals surface area contributed by atoms with Gasteiger partial charge in [0.25, 0.3) is 10.1 Å². The highest BCUT2D eigenvalue weighted by molar-refractivity contribution is 7.86. The molecule has 106 valence electrons. The molecule has 0 aliphatic heterocycles. The van der Waals surface area contributed by atoms with Gasteiger partial charge in [-0.3, -0.25) is 8.98 Å². The molecule has 9 heteroatoms. The highest BCUT2D eigenvalue weighted by Gasteiger charge is 2.17. The van der Waals surface area contributed by atoms with E-state index < -0.39 is 32.6 Å². The van der Waals surface area contributed by atoms with Crippen molar-refractivity contribution >= 4 is 26.0 Å². The molecule has 0 aliphatic carbocycles. The first kappa shape index (κ1) is 15.6. The van der Waals surface area contributed by atoms with Gasteiger partial charge in [0.05, 0.1) is 18.1 Å². The molecule has 1 rings (SSSR count). The molecule has 0 aromatic heterocycles. The van der Waals surface area contributed by atoms with Crippen molar-refractivity contribution < 1.29 is 30.0 Å². The van der Waals surface area contributed by atoms with Crippen molar-refractivity contribution in [1.29, 1.82) is 0 Å². The highest BCUT2D eigenvalue weighted by Crippen LogP contribution is 2.20. The third kappa shape index (κ3) is 5.81. The van der Waals surface area contributed by atoms with Gasteiger partial charge in [0, 0.05) is 0 Å². The van der Waals surface area contributed by atoms with E-state index in [1.165, 1.54) is 24.3 Å². The minimum atomic E-state index is -3.79. The molecule has 0 N–H and O–H groups in total. The first-order valence-electron chi connectivity index (χ1n) is 4.94. The summed E-state index contributed by atoms with van der Waals surface area (Å²) in [6.45, 7) is -0.719. The smallest absolute Gasteiger partial charge is 0.306 e. The van der Waals surface area contributed by atoms with Gasteiger partial charge in [-0.2, -0.15) is 16.8 Å². The summed E-state index contributed by atoms with van der Waals surface area (Å²) in [4.78, 5) is 11.7. The van der Waals surface area contributed by atoms with Crippen LogP contribution in [0.15, 0.2) is 24.3 Å². The van der Waals surface area contributed by atoms with Crippen LogP contribution in [-0.4, -0.2) is 41.7 Å². The van der Waals surface area contributed by atoms with Crippen LogP contribution in [0.5, 0.6) is 5.75 Å². The Kier molecular flexibility index (Phi) is 4.66. The summed E-state index contributed by atoms with van der Waals surface area (Å²) in [5.41, 5.74) is -0.0726. The molecular weight excluding hydrogens is 296 g/mol. The molecule has 7 nitrogen and oxygen atoms in total. The number of carbonyl (C=O) groups excluding carboxylic acids is 1. The third-order valence-electron chi connectivity index (χ3n) is 1.83. The Labute approximate surface area is 111 Å². The van der Waals surface area contributed by atoms with Gasteiger partial charge in [0.1, 0.15) is 6.61 Å². The van der Waals surface area contributed by atoms with Gasteiger partial charge >= 0.3 is 10.1 Å². The molecule has 0 bridgehead atoms. The van der Waals surface area contributed by atoms with E-state index in [2.05, 4.69) is 8.37 Å². The number of benzene rings is 1. The summed E-state index contributed by atoms with van der Waals surface area (Å²) in [6, 6.07) is 5.57. The van der Waals surface area contributed by atoms with Crippen molar-refractivity contribution in [3.05, 3.63) is 29.8 Å². The van der Waals surface area contributed by atoms with Crippen LogP contribution >= 0.6 is 0 Å². The molecule has 0 radical (unpaired) electrons. The number of hydrogen-bond acceptors (Lipinski definition) is 7. The van der Waals surface area contributed by atoms with Crippen molar-refractivity contribution in [2.45, 2.75) is 0 Å². The van der Waals surface area contributed by atoms with Crippen LogP contribution in [0.25, 0.3) is 0 Å². The Morgan fingerprint density at radius 2 is 1.63 bits per heavy atom. The van der Waals surface area contributed by atoms with E-state index in [1.807, 2.05) is 0 Å². The summed E-state index contributed by atoms with van der Waals surface area (Å²) < 4.78 is 52.6. The molecule has 0 saturated heterocycles. The topological polar surface area (TPSA) is 104 Å². The van der Waals surface area contributed by atoms with Gasteiger partial charge in [-0.1, -0.05) is 12.1 Å². The fourth-order valence-electron chi connectivity index (χ4n) is 1.17. The van der Waals surface area contributed by atoms with Crippen LogP contribution in [0.1, 0.15) is 10.4 Å². The maximum absolute atomic E-state index is 11.7. The van der Waals surface area contributed by atoms with Gasteiger partial charge < -0.3 is 4.18 Å². The summed E-state index contributed by atoms with van der Waals surface area (Å²) in [5, 5.41) is 0. The highest BCUT2D eigenvalue weighted by atomic mass is 32.2. The maximum atomic E-state index is 11.7. The molecule has 0 unspecified atom stereocenters. The fourth-order valence-corrected chi connectivity index (χ4v) is 1.96. The summed E-state index contributed by atoms with van der Waals surface area (Å²) in [5.74, 6) is -0.878. The minimum Gasteiger partial charge on any atom is -0.382 e. The zero-order valence-corrected chi connectivity index (χ0v) is 11.8. The number of carbonyl (C=O) groups is 1. The molecule has 19 heavy (non-hydrogen) atoms. The molecule has 0 aliphatic rings. The lowest BCUT2D eigenvalue weighted by Gasteiger charge is -2.08. The normalized spacial score (nSPS) is 12.1. The van der Waals surface area contributed by atoms with Crippen molar-refractivity contribution in [3.63, 3.8) is 0 Å². The van der Waals surface area contributed by atoms with Crippen LogP contribution in [0, 0.1) is 0 Å². The van der Waals surface area contributed by atoms with Crippen LogP contribution < -0.4 is 4.18 Å². The van der Waals surface area contributed by atoms with Crippen molar-refractivity contribution in [2.24, 2.45) is 0 Å². The Bertz CT molecular complexity index is 674. The van der Waals surface area contributed by atoms with Crippen molar-refractivity contribution in [3.8, 4) is 5.75 Å². The fraction of sp³-hybridized carbons (Fsp3) is 0.300. The van der Waals surface area contributed by atoms with E-state index in [9.17, 15) is 21.6 Å². The quantitative estimate of drug-likeness (QED) is 0.545. The predicted molar refractivity (Wildman–Crippen MR) is 67.0 cm³/mol. The molecule has 0 atom stereocenters. The molecule has 0 fully saturated rings. The lowest BCUT2D eigenvalue weighted by molar-refractivity contribution is 0.0924. The van der Waals surface area contributed by atoms with Gasteiger partial charge in [-0.25, -0.2) is 0 Å². The van der Waals surface area contributed by atoms with Crippen molar-refractivity contribution in [1.82, 2.24) is 0 Å². The Morgan fingerprint density at radius 3 is 2.16 bits per heavy atom. The second-order valence-electron chi connectivity index (χ2n) is 3.67. The molecule has 0 heterocycles. The van der Waals surface area contributed by atoms with Crippen LogP contribution in [-0.2, 0) is 24.4 Å². The first-order chi connectivity index (χ1) is 8.58. The van der Waals surface area contributed by atoms with Crippen molar-refractivity contribution in [2.75, 3.05) is 19.1 Å². The van der Waals surface area contributed by atoms with Gasteiger partial charge in [0.15, 0.2) is 11.5 Å². The molecule has 0 saturated carbocycles. The van der Waals surface area contributed by atoms with E-state index in [4.69, 9.17) is 0 Å². The van der Waals surface area contributed by atoms with E-state index in [0.717, 1.165) is 12.5 Å². The van der Waals surface area contributed by atoms with E-state index >= 15 is 0 Å². The van der Waals surface area contributed by atoms with Gasteiger partial charge in [0.2, 0.25) is 0 Å². The third-order valence-corrected chi connectivity index (χ3v) is 2.86. The molecule has 1 aromatic rings. The molecule has 0 spiro atoms. The largest absolute Gasteiger partial charge is 0.382 e. The molecule has 0 amide bonds. The second-order valence-corrected chi connectivity index (χ2v) is 6.89. The number of rotatable bonds is 6. The van der Waals surface area contributed by atoms with Crippen LogP contribution in [0.4, 0.5) is 0 Å². The zero-order chi connectivity index (χ0) is 14.7. The first-order valence-corrected chi connectivity index (χ1v) is 8.58. The average molecular weight is 308 g/mol. The monoisotopic (exact) mass is 308 g/mol. The zero-order valence-electron chi connectivity index (χ0n) is 10.2. The van der Waals surface area contributed by atoms with Gasteiger partial charge in [-0.05, 0) is 12.1 Å². The summed E-state index contributed by atoms with van der Waals surface area (Å²) in [7, 11) is -7.54. The molecule has 1 aromatic carbocycles. The lowest BCUT2D eigenvalue weighted by Crippen LogP contribution is -2.15. The Morgan fingerprint density at radius 1 is 1.05 bits per heavy atom. The SMILES string of the molecule is CS(=O)(=O)OCC(=O)c1ccccc1OS(C)(=O)=O. The van der Waals surface area contributed by atoms with Gasteiger partial charge in [-0.15, -0.1) is 0 Å². The standard InChI is InChI=1S/C10H12O7S2/c1-18(12,13)16-7-9(11)8-5-3-4-6-10(8)17-19(2,14)15/h3-6H,7H2,1-2H3. The predicted octanol–water partition coefficient (Wildman–Crippen LogP) is 0.184. The van der Waals surface area contributed by atoms with E-state index in [-0.39, 0.29) is 11.3 Å². The Balaban J connectivity index is 2.97. The number of para-hydroxylation sites is 1. The van der Waals surface area contributed by atoms with Crippen LogP contribution in [0.2, 0.25) is 0 Å². The van der Waals surface area contributed by atoms with E-state index in [0.29, 0.717) is 0 Å².